The van der Waals surface area contributed by atoms with Gasteiger partial charge in [0.1, 0.15) is 5.82 Å². The van der Waals surface area contributed by atoms with Gasteiger partial charge in [0.05, 0.1) is 5.69 Å². The van der Waals surface area contributed by atoms with Crippen LogP contribution in [0.5, 0.6) is 0 Å². The average Bonchev–Trinajstić information content (AvgIpc) is 3.54. The number of rotatable bonds is 6. The maximum absolute atomic E-state index is 4.74. The zero-order chi connectivity index (χ0) is 34.6. The molecule has 10 rings (SSSR count). The highest BCUT2D eigenvalue weighted by atomic mass is 15.2. The molecule has 0 fully saturated rings. The van der Waals surface area contributed by atoms with Crippen molar-refractivity contribution in [2.24, 2.45) is 0 Å². The number of pyridine rings is 1. The van der Waals surface area contributed by atoms with Crippen molar-refractivity contribution >= 4 is 38.7 Å². The Morgan fingerprint density at radius 1 is 0.385 bits per heavy atom. The topological polar surface area (TPSA) is 16.1 Å². The molecule has 8 aromatic carbocycles. The summed E-state index contributed by atoms with van der Waals surface area (Å²) in [6.45, 7) is 2.15. The molecule has 244 valence electrons. The molecule has 0 atom stereocenters. The molecule has 1 aliphatic rings. The first kappa shape index (κ1) is 30.1. The van der Waals surface area contributed by atoms with E-state index in [1.165, 1.54) is 82.7 Å². The summed E-state index contributed by atoms with van der Waals surface area (Å²) in [7, 11) is 0. The average molecular weight is 663 g/mol. The Balaban J connectivity index is 1.19. The van der Waals surface area contributed by atoms with Crippen LogP contribution in [0.3, 0.4) is 0 Å². The largest absolute Gasteiger partial charge is 0.295 e. The second-order valence-electron chi connectivity index (χ2n) is 13.5. The molecule has 0 unspecified atom stereocenters. The van der Waals surface area contributed by atoms with Crippen LogP contribution in [0.15, 0.2) is 188 Å². The van der Waals surface area contributed by atoms with Crippen LogP contribution >= 0.6 is 0 Å². The SMILES string of the molecule is Cc1ccccc1N(c1ccc(-c2ccc3c4c(cccc24)-c2c-3c(-c3ccccc3)c3ccccc3c2-c2ccccc2)cc1)c1ccccn1. The molecule has 1 aliphatic carbocycles. The minimum absolute atomic E-state index is 0.892. The monoisotopic (exact) mass is 662 g/mol. The number of hydrogen-bond acceptors (Lipinski definition) is 2. The minimum Gasteiger partial charge on any atom is -0.295 e. The van der Waals surface area contributed by atoms with Gasteiger partial charge in [-0.25, -0.2) is 4.98 Å². The van der Waals surface area contributed by atoms with Gasteiger partial charge in [0.15, 0.2) is 0 Å². The summed E-state index contributed by atoms with van der Waals surface area (Å²) in [6, 6.07) is 65.9. The number of fused-ring (bicyclic) bond motifs is 4. The number of nitrogens with zero attached hydrogens (tertiary/aromatic N) is 2. The molecular weight excluding hydrogens is 629 g/mol. The van der Waals surface area contributed by atoms with Gasteiger partial charge in [-0.1, -0.05) is 152 Å². The number of aryl methyl sites for hydroxylation is 1. The summed E-state index contributed by atoms with van der Waals surface area (Å²) in [5.41, 5.74) is 16.1. The van der Waals surface area contributed by atoms with Gasteiger partial charge < -0.3 is 0 Å². The number of benzene rings is 8. The van der Waals surface area contributed by atoms with Gasteiger partial charge in [0.2, 0.25) is 0 Å². The molecule has 9 aromatic rings. The van der Waals surface area contributed by atoms with Gasteiger partial charge in [0.25, 0.3) is 0 Å². The van der Waals surface area contributed by atoms with Crippen LogP contribution < -0.4 is 4.90 Å². The minimum atomic E-state index is 0.892. The highest BCUT2D eigenvalue weighted by molar-refractivity contribution is 6.28. The van der Waals surface area contributed by atoms with Crippen LogP contribution in [0, 0.1) is 6.92 Å². The lowest BCUT2D eigenvalue weighted by atomic mass is 9.82. The lowest BCUT2D eigenvalue weighted by Gasteiger charge is -2.26. The van der Waals surface area contributed by atoms with Crippen molar-refractivity contribution in [2.45, 2.75) is 6.92 Å². The molecule has 0 bridgehead atoms. The standard InChI is InChI=1S/C50H34N2/c1-33-15-8-11-24-44(33)52(45-25-12-13-32-51-45)37-28-26-34(27-29-37)38-30-31-43-48-39(38)22-14-23-42(48)49-46(35-16-4-2-5-17-35)40-20-9-10-21-41(40)47(50(43)49)36-18-6-3-7-19-36/h2-32H,1H3. The third kappa shape index (κ3) is 4.69. The van der Waals surface area contributed by atoms with E-state index in [1.54, 1.807) is 0 Å². The maximum Gasteiger partial charge on any atom is 0.137 e. The predicted molar refractivity (Wildman–Crippen MR) is 219 cm³/mol. The summed E-state index contributed by atoms with van der Waals surface area (Å²) >= 11 is 0. The summed E-state index contributed by atoms with van der Waals surface area (Å²) in [4.78, 5) is 6.98. The Morgan fingerprint density at radius 3 is 1.58 bits per heavy atom. The third-order valence-electron chi connectivity index (χ3n) is 10.6. The first-order chi connectivity index (χ1) is 25.8. The van der Waals surface area contributed by atoms with Crippen molar-refractivity contribution in [3.8, 4) is 55.6 Å². The third-order valence-corrected chi connectivity index (χ3v) is 10.6. The number of anilines is 3. The summed E-state index contributed by atoms with van der Waals surface area (Å²) in [5.74, 6) is 0.892. The van der Waals surface area contributed by atoms with E-state index in [9.17, 15) is 0 Å². The van der Waals surface area contributed by atoms with E-state index >= 15 is 0 Å². The molecule has 0 saturated heterocycles. The normalized spacial score (nSPS) is 11.6. The zero-order valence-corrected chi connectivity index (χ0v) is 28.8. The van der Waals surface area contributed by atoms with Crippen molar-refractivity contribution in [3.05, 3.63) is 194 Å². The maximum atomic E-state index is 4.74. The van der Waals surface area contributed by atoms with Gasteiger partial charge in [-0.15, -0.1) is 0 Å². The van der Waals surface area contributed by atoms with Crippen LogP contribution in [-0.4, -0.2) is 4.98 Å². The van der Waals surface area contributed by atoms with Crippen LogP contribution in [-0.2, 0) is 0 Å². The molecule has 0 aliphatic heterocycles. The Hall–Kier alpha value is -6.77. The lowest BCUT2D eigenvalue weighted by Crippen LogP contribution is -2.12. The highest BCUT2D eigenvalue weighted by Gasteiger charge is 2.31. The molecule has 0 radical (unpaired) electrons. The summed E-state index contributed by atoms with van der Waals surface area (Å²) in [5, 5.41) is 5.14. The fraction of sp³-hybridized carbons (Fsp3) is 0.0200. The smallest absolute Gasteiger partial charge is 0.137 e. The van der Waals surface area contributed by atoms with E-state index in [0.29, 0.717) is 0 Å². The van der Waals surface area contributed by atoms with Gasteiger partial charge in [0, 0.05) is 11.9 Å². The van der Waals surface area contributed by atoms with E-state index in [-0.39, 0.29) is 0 Å². The van der Waals surface area contributed by atoms with Crippen molar-refractivity contribution in [3.63, 3.8) is 0 Å². The van der Waals surface area contributed by atoms with E-state index in [2.05, 4.69) is 182 Å². The second kappa shape index (κ2) is 12.2. The van der Waals surface area contributed by atoms with E-state index in [4.69, 9.17) is 4.98 Å². The number of para-hydroxylation sites is 1. The fourth-order valence-electron chi connectivity index (χ4n) is 8.35. The number of hydrogen-bond donors (Lipinski definition) is 0. The molecule has 1 heterocycles. The van der Waals surface area contributed by atoms with Crippen molar-refractivity contribution in [2.75, 3.05) is 4.90 Å². The number of aromatic nitrogens is 1. The molecule has 52 heavy (non-hydrogen) atoms. The lowest BCUT2D eigenvalue weighted by molar-refractivity contribution is 1.17. The van der Waals surface area contributed by atoms with Crippen LogP contribution in [0.2, 0.25) is 0 Å². The molecule has 2 heteroatoms. The van der Waals surface area contributed by atoms with Crippen molar-refractivity contribution < 1.29 is 0 Å². The van der Waals surface area contributed by atoms with Crippen molar-refractivity contribution in [1.29, 1.82) is 0 Å². The molecular formula is C50H34N2. The highest BCUT2D eigenvalue weighted by Crippen LogP contribution is 2.58. The zero-order valence-electron chi connectivity index (χ0n) is 28.8. The summed E-state index contributed by atoms with van der Waals surface area (Å²) in [6.07, 6.45) is 1.86. The summed E-state index contributed by atoms with van der Waals surface area (Å²) < 4.78 is 0. The Bertz CT molecular complexity index is 2680. The Morgan fingerprint density at radius 2 is 0.942 bits per heavy atom. The van der Waals surface area contributed by atoms with E-state index in [0.717, 1.165) is 17.2 Å². The van der Waals surface area contributed by atoms with Crippen molar-refractivity contribution in [1.82, 2.24) is 4.98 Å². The Kier molecular flexibility index (Phi) is 7.07. The molecule has 1 aromatic heterocycles. The fourth-order valence-corrected chi connectivity index (χ4v) is 8.35. The molecule has 0 N–H and O–H groups in total. The molecule has 0 amide bonds. The molecule has 0 saturated carbocycles. The quantitative estimate of drug-likeness (QED) is 0.176. The first-order valence-electron chi connectivity index (χ1n) is 17.9. The van der Waals surface area contributed by atoms with Crippen LogP contribution in [0.25, 0.3) is 77.2 Å². The Labute approximate surface area is 303 Å². The van der Waals surface area contributed by atoms with Gasteiger partial charge in [-0.3, -0.25) is 4.90 Å². The van der Waals surface area contributed by atoms with Gasteiger partial charge in [-0.05, 0) is 120 Å². The first-order valence-corrected chi connectivity index (χ1v) is 17.9. The second-order valence-corrected chi connectivity index (χ2v) is 13.5. The predicted octanol–water partition coefficient (Wildman–Crippen LogP) is 13.8. The molecule has 2 nitrogen and oxygen atoms in total. The van der Waals surface area contributed by atoms with Crippen LogP contribution in [0.4, 0.5) is 17.2 Å². The molecule has 0 spiro atoms. The van der Waals surface area contributed by atoms with Gasteiger partial charge >= 0.3 is 0 Å². The van der Waals surface area contributed by atoms with E-state index in [1.807, 2.05) is 18.3 Å². The van der Waals surface area contributed by atoms with E-state index < -0.39 is 0 Å². The van der Waals surface area contributed by atoms with Crippen LogP contribution in [0.1, 0.15) is 5.56 Å². The van der Waals surface area contributed by atoms with Gasteiger partial charge in [-0.2, -0.15) is 0 Å².